The first kappa shape index (κ1) is 25.0. The topological polar surface area (TPSA) is 66.7 Å². The van der Waals surface area contributed by atoms with Gasteiger partial charge in [0.25, 0.3) is 5.69 Å². The maximum absolute atomic E-state index is 13.8. The van der Waals surface area contributed by atoms with Crippen molar-refractivity contribution in [3.05, 3.63) is 75.6 Å². The van der Waals surface area contributed by atoms with Crippen LogP contribution < -0.4 is 0 Å². The number of benzene rings is 2. The SMILES string of the molecule is Cl.Cl.O=C(CCN1CCN(Cc2ccccc2F)CC1)c1cccc([N+](=O)[O-])c1. The standard InChI is InChI=1S/C20H22FN3O3.2ClH/c21-19-7-2-1-4-17(19)15-23-12-10-22(11-13-23)9-8-20(25)16-5-3-6-18(14-16)24(26)27;;/h1-7,14H,8-13,15H2;2*1H. The normalized spacial score (nSPS) is 14.5. The van der Waals surface area contributed by atoms with Crippen molar-refractivity contribution >= 4 is 36.3 Å². The number of halogens is 3. The van der Waals surface area contributed by atoms with Gasteiger partial charge >= 0.3 is 0 Å². The fourth-order valence-corrected chi connectivity index (χ4v) is 3.24. The second-order valence-corrected chi connectivity index (χ2v) is 6.69. The third-order valence-corrected chi connectivity index (χ3v) is 4.85. The van der Waals surface area contributed by atoms with Gasteiger partial charge < -0.3 is 4.90 Å². The third kappa shape index (κ3) is 7.04. The van der Waals surface area contributed by atoms with E-state index in [1.54, 1.807) is 18.2 Å². The lowest BCUT2D eigenvalue weighted by Gasteiger charge is -2.34. The molecule has 0 spiro atoms. The lowest BCUT2D eigenvalue weighted by molar-refractivity contribution is -0.384. The van der Waals surface area contributed by atoms with Crippen molar-refractivity contribution in [2.75, 3.05) is 32.7 Å². The molecule has 158 valence electrons. The molecule has 0 unspecified atom stereocenters. The Morgan fingerprint density at radius 2 is 1.66 bits per heavy atom. The highest BCUT2D eigenvalue weighted by atomic mass is 35.5. The van der Waals surface area contributed by atoms with Crippen LogP contribution in [0, 0.1) is 15.9 Å². The highest BCUT2D eigenvalue weighted by molar-refractivity contribution is 5.96. The Hall–Kier alpha value is -2.06. The van der Waals surface area contributed by atoms with Crippen LogP contribution in [0.15, 0.2) is 48.5 Å². The minimum atomic E-state index is -0.494. The number of piperazine rings is 1. The molecule has 0 bridgehead atoms. The molecule has 6 nitrogen and oxygen atoms in total. The van der Waals surface area contributed by atoms with Crippen LogP contribution in [-0.4, -0.2) is 53.2 Å². The number of carbonyl (C=O) groups is 1. The second kappa shape index (κ2) is 11.8. The molecule has 1 aliphatic heterocycles. The Morgan fingerprint density at radius 3 is 2.31 bits per heavy atom. The molecule has 0 saturated carbocycles. The van der Waals surface area contributed by atoms with Crippen molar-refractivity contribution in [3.63, 3.8) is 0 Å². The molecular weight excluding hydrogens is 420 g/mol. The maximum atomic E-state index is 13.8. The molecule has 0 amide bonds. The summed E-state index contributed by atoms with van der Waals surface area (Å²) in [6, 6.07) is 12.7. The van der Waals surface area contributed by atoms with Gasteiger partial charge in [0, 0.05) is 68.9 Å². The fraction of sp³-hybridized carbons (Fsp3) is 0.350. The van der Waals surface area contributed by atoms with E-state index in [0.29, 0.717) is 30.6 Å². The number of nitrogens with zero attached hydrogens (tertiary/aromatic N) is 3. The first-order valence-corrected chi connectivity index (χ1v) is 8.99. The van der Waals surface area contributed by atoms with E-state index in [1.807, 2.05) is 6.07 Å². The molecule has 0 N–H and O–H groups in total. The van der Waals surface area contributed by atoms with Crippen LogP contribution in [0.4, 0.5) is 10.1 Å². The molecule has 1 heterocycles. The van der Waals surface area contributed by atoms with Gasteiger partial charge in [0.05, 0.1) is 4.92 Å². The van der Waals surface area contributed by atoms with Gasteiger partial charge in [-0.25, -0.2) is 4.39 Å². The maximum Gasteiger partial charge on any atom is 0.270 e. The lowest BCUT2D eigenvalue weighted by Crippen LogP contribution is -2.46. The predicted octanol–water partition coefficient (Wildman–Crippen LogP) is 3.97. The molecule has 0 atom stereocenters. The molecule has 29 heavy (non-hydrogen) atoms. The van der Waals surface area contributed by atoms with Crippen molar-refractivity contribution in [1.29, 1.82) is 0 Å². The van der Waals surface area contributed by atoms with Gasteiger partial charge in [0.15, 0.2) is 5.78 Å². The quantitative estimate of drug-likeness (QED) is 0.367. The van der Waals surface area contributed by atoms with E-state index in [2.05, 4.69) is 9.80 Å². The Bertz CT molecular complexity index is 830. The average Bonchev–Trinajstić information content (AvgIpc) is 2.69. The zero-order chi connectivity index (χ0) is 19.2. The number of ketones is 1. The zero-order valence-corrected chi connectivity index (χ0v) is 17.5. The number of Topliss-reactive ketones (excluding diaryl/α,β-unsaturated/α-hetero) is 1. The number of carbonyl (C=O) groups excluding carboxylic acids is 1. The Kier molecular flexibility index (Phi) is 10.2. The van der Waals surface area contributed by atoms with E-state index in [0.717, 1.165) is 26.2 Å². The summed E-state index contributed by atoms with van der Waals surface area (Å²) < 4.78 is 13.8. The monoisotopic (exact) mass is 443 g/mol. The molecule has 2 aromatic carbocycles. The molecule has 1 fully saturated rings. The smallest absolute Gasteiger partial charge is 0.270 e. The van der Waals surface area contributed by atoms with Crippen LogP contribution in [0.5, 0.6) is 0 Å². The van der Waals surface area contributed by atoms with Crippen molar-refractivity contribution in [1.82, 2.24) is 9.80 Å². The van der Waals surface area contributed by atoms with Gasteiger partial charge in [-0.2, -0.15) is 0 Å². The average molecular weight is 444 g/mol. The minimum Gasteiger partial charge on any atom is -0.300 e. The summed E-state index contributed by atoms with van der Waals surface area (Å²) in [4.78, 5) is 27.0. The predicted molar refractivity (Wildman–Crippen MR) is 115 cm³/mol. The van der Waals surface area contributed by atoms with Crippen molar-refractivity contribution in [3.8, 4) is 0 Å². The number of nitro benzene ring substituents is 1. The van der Waals surface area contributed by atoms with Crippen LogP contribution in [-0.2, 0) is 6.54 Å². The molecule has 1 aliphatic rings. The van der Waals surface area contributed by atoms with Crippen LogP contribution in [0.1, 0.15) is 22.3 Å². The van der Waals surface area contributed by atoms with E-state index in [9.17, 15) is 19.3 Å². The van der Waals surface area contributed by atoms with Crippen molar-refractivity contribution in [2.45, 2.75) is 13.0 Å². The second-order valence-electron chi connectivity index (χ2n) is 6.69. The largest absolute Gasteiger partial charge is 0.300 e. The summed E-state index contributed by atoms with van der Waals surface area (Å²) in [6.07, 6.45) is 0.328. The van der Waals surface area contributed by atoms with E-state index in [-0.39, 0.29) is 42.1 Å². The van der Waals surface area contributed by atoms with Crippen molar-refractivity contribution in [2.24, 2.45) is 0 Å². The fourth-order valence-electron chi connectivity index (χ4n) is 3.24. The summed E-state index contributed by atoms with van der Waals surface area (Å²) in [5, 5.41) is 10.8. The van der Waals surface area contributed by atoms with Gasteiger partial charge in [-0.05, 0) is 6.07 Å². The van der Waals surface area contributed by atoms with E-state index in [4.69, 9.17) is 0 Å². The Morgan fingerprint density at radius 1 is 1.00 bits per heavy atom. The molecule has 0 aromatic heterocycles. The van der Waals surface area contributed by atoms with Gasteiger partial charge in [-0.1, -0.05) is 30.3 Å². The van der Waals surface area contributed by atoms with Gasteiger partial charge in [-0.3, -0.25) is 19.8 Å². The first-order valence-electron chi connectivity index (χ1n) is 8.99. The highest BCUT2D eigenvalue weighted by Gasteiger charge is 2.19. The highest BCUT2D eigenvalue weighted by Crippen LogP contribution is 2.16. The Labute approximate surface area is 181 Å². The van der Waals surface area contributed by atoms with Gasteiger partial charge in [0.2, 0.25) is 0 Å². The first-order chi connectivity index (χ1) is 13.0. The van der Waals surface area contributed by atoms with Gasteiger partial charge in [-0.15, -0.1) is 24.8 Å². The van der Waals surface area contributed by atoms with Crippen LogP contribution in [0.3, 0.4) is 0 Å². The summed E-state index contributed by atoms with van der Waals surface area (Å²) in [7, 11) is 0. The molecule has 2 aromatic rings. The lowest BCUT2D eigenvalue weighted by atomic mass is 10.1. The van der Waals surface area contributed by atoms with E-state index < -0.39 is 4.92 Å². The number of hydrogen-bond donors (Lipinski definition) is 0. The minimum absolute atomic E-state index is 0. The molecular formula is C20H24Cl2FN3O3. The molecule has 0 radical (unpaired) electrons. The summed E-state index contributed by atoms with van der Waals surface area (Å²) in [5.74, 6) is -0.269. The number of rotatable bonds is 7. The molecule has 1 saturated heterocycles. The van der Waals surface area contributed by atoms with Crippen LogP contribution in [0.2, 0.25) is 0 Å². The Balaban J connectivity index is 0.00000210. The molecule has 9 heteroatoms. The zero-order valence-electron chi connectivity index (χ0n) is 15.8. The van der Waals surface area contributed by atoms with E-state index >= 15 is 0 Å². The summed E-state index contributed by atoms with van der Waals surface area (Å²) >= 11 is 0. The number of nitro groups is 1. The summed E-state index contributed by atoms with van der Waals surface area (Å²) in [6.45, 7) is 4.48. The van der Waals surface area contributed by atoms with Crippen molar-refractivity contribution < 1.29 is 14.1 Å². The number of hydrogen-bond acceptors (Lipinski definition) is 5. The number of non-ortho nitro benzene ring substituents is 1. The van der Waals surface area contributed by atoms with Crippen LogP contribution >= 0.6 is 24.8 Å². The van der Waals surface area contributed by atoms with Gasteiger partial charge in [0.1, 0.15) is 5.82 Å². The third-order valence-electron chi connectivity index (χ3n) is 4.85. The molecule has 3 rings (SSSR count). The summed E-state index contributed by atoms with van der Waals surface area (Å²) in [5.41, 5.74) is 1.01. The molecule has 0 aliphatic carbocycles. The van der Waals surface area contributed by atoms with E-state index in [1.165, 1.54) is 24.3 Å². The van der Waals surface area contributed by atoms with Crippen LogP contribution in [0.25, 0.3) is 0 Å².